The Morgan fingerprint density at radius 3 is 2.63 bits per heavy atom. The minimum absolute atomic E-state index is 0.0471. The highest BCUT2D eigenvalue weighted by molar-refractivity contribution is 8.00. The summed E-state index contributed by atoms with van der Waals surface area (Å²) in [5, 5.41) is 4.74. The molecule has 0 unspecified atom stereocenters. The van der Waals surface area contributed by atoms with Crippen molar-refractivity contribution in [2.45, 2.75) is 11.9 Å². The lowest BCUT2D eigenvalue weighted by atomic mass is 10.2. The van der Waals surface area contributed by atoms with E-state index < -0.39 is 0 Å². The van der Waals surface area contributed by atoms with Gasteiger partial charge in [-0.2, -0.15) is 0 Å². The van der Waals surface area contributed by atoms with E-state index in [0.717, 1.165) is 36.9 Å². The van der Waals surface area contributed by atoms with Crippen LogP contribution < -0.4 is 5.32 Å². The number of thioether (sulfide) groups is 1. The second kappa shape index (κ2) is 7.90. The predicted molar refractivity (Wildman–Crippen MR) is 113 cm³/mol. The van der Waals surface area contributed by atoms with E-state index in [-0.39, 0.29) is 5.91 Å². The first-order valence-corrected chi connectivity index (χ1v) is 10.3. The number of nitrogens with zero attached hydrogens (tertiary/aromatic N) is 2. The number of rotatable bonds is 5. The smallest absolute Gasteiger partial charge is 0.234 e. The number of thiophene rings is 1. The number of aryl methyl sites for hydroxylation is 1. The second-order valence-electron chi connectivity index (χ2n) is 6.08. The van der Waals surface area contributed by atoms with E-state index in [1.807, 2.05) is 49.4 Å². The number of amides is 1. The van der Waals surface area contributed by atoms with Crippen molar-refractivity contribution in [3.05, 3.63) is 72.6 Å². The van der Waals surface area contributed by atoms with Crippen LogP contribution in [0.25, 0.3) is 20.7 Å². The lowest BCUT2D eigenvalue weighted by molar-refractivity contribution is -0.113. The highest BCUT2D eigenvalue weighted by atomic mass is 32.2. The predicted octanol–water partition coefficient (Wildman–Crippen LogP) is 5.40. The lowest BCUT2D eigenvalue weighted by Crippen LogP contribution is -2.14. The molecule has 4 aromatic rings. The molecule has 0 aliphatic rings. The molecule has 0 saturated carbocycles. The molecule has 0 aliphatic heterocycles. The van der Waals surface area contributed by atoms with Crippen molar-refractivity contribution in [2.75, 3.05) is 11.1 Å². The molecular formula is C21H17N3OS2. The van der Waals surface area contributed by atoms with Crippen LogP contribution >= 0.6 is 23.1 Å². The molecule has 0 aliphatic carbocycles. The SMILES string of the molecule is Cc1ccc(NC(=O)CSc2ncnc3sc(-c4ccccc4)cc23)cc1. The van der Waals surface area contributed by atoms with E-state index in [0.29, 0.717) is 5.75 Å². The maximum Gasteiger partial charge on any atom is 0.234 e. The van der Waals surface area contributed by atoms with Crippen LogP contribution in [0.1, 0.15) is 5.56 Å². The van der Waals surface area contributed by atoms with Crippen molar-refractivity contribution in [3.8, 4) is 10.4 Å². The first-order chi connectivity index (χ1) is 13.2. The molecule has 1 amide bonds. The summed E-state index contributed by atoms with van der Waals surface area (Å²) in [6.45, 7) is 2.02. The number of hydrogen-bond acceptors (Lipinski definition) is 5. The minimum Gasteiger partial charge on any atom is -0.325 e. The van der Waals surface area contributed by atoms with Crippen LogP contribution in [0.15, 0.2) is 72.0 Å². The lowest BCUT2D eigenvalue weighted by Gasteiger charge is -2.05. The average molecular weight is 392 g/mol. The number of aromatic nitrogens is 2. The van der Waals surface area contributed by atoms with Gasteiger partial charge in [-0.3, -0.25) is 4.79 Å². The van der Waals surface area contributed by atoms with Crippen molar-refractivity contribution in [1.82, 2.24) is 9.97 Å². The van der Waals surface area contributed by atoms with Gasteiger partial charge in [0.1, 0.15) is 16.2 Å². The van der Waals surface area contributed by atoms with Crippen LogP contribution in [0.5, 0.6) is 0 Å². The fourth-order valence-electron chi connectivity index (χ4n) is 2.66. The zero-order chi connectivity index (χ0) is 18.6. The molecule has 4 nitrogen and oxygen atoms in total. The molecular weight excluding hydrogens is 374 g/mol. The summed E-state index contributed by atoms with van der Waals surface area (Å²) >= 11 is 3.07. The third-order valence-electron chi connectivity index (χ3n) is 4.03. The normalized spacial score (nSPS) is 10.9. The molecule has 2 heterocycles. The average Bonchev–Trinajstić information content (AvgIpc) is 3.14. The van der Waals surface area contributed by atoms with Crippen LogP contribution in [0.2, 0.25) is 0 Å². The van der Waals surface area contributed by atoms with Gasteiger partial charge in [0.2, 0.25) is 5.91 Å². The highest BCUT2D eigenvalue weighted by Gasteiger charge is 2.12. The van der Waals surface area contributed by atoms with Crippen molar-refractivity contribution >= 4 is 44.9 Å². The molecule has 0 fully saturated rings. The number of carbonyl (C=O) groups excluding carboxylic acids is 1. The van der Waals surface area contributed by atoms with Crippen molar-refractivity contribution in [1.29, 1.82) is 0 Å². The number of benzene rings is 2. The second-order valence-corrected chi connectivity index (χ2v) is 8.07. The maximum atomic E-state index is 12.3. The van der Waals surface area contributed by atoms with Gasteiger partial charge in [-0.15, -0.1) is 11.3 Å². The Hall–Kier alpha value is -2.70. The monoisotopic (exact) mass is 391 g/mol. The fraction of sp³-hybridized carbons (Fsp3) is 0.0952. The Bertz CT molecular complexity index is 1080. The molecule has 0 bridgehead atoms. The zero-order valence-electron chi connectivity index (χ0n) is 14.7. The van der Waals surface area contributed by atoms with Crippen molar-refractivity contribution in [3.63, 3.8) is 0 Å². The molecule has 0 radical (unpaired) electrons. The molecule has 2 aromatic heterocycles. The van der Waals surface area contributed by atoms with Gasteiger partial charge < -0.3 is 5.32 Å². The van der Waals surface area contributed by atoms with Gasteiger partial charge in [0.05, 0.1) is 5.75 Å². The Morgan fingerprint density at radius 2 is 1.85 bits per heavy atom. The minimum atomic E-state index is -0.0471. The van der Waals surface area contributed by atoms with Crippen LogP contribution in [0.4, 0.5) is 5.69 Å². The van der Waals surface area contributed by atoms with Gasteiger partial charge in [-0.05, 0) is 30.7 Å². The van der Waals surface area contributed by atoms with Crippen molar-refractivity contribution in [2.24, 2.45) is 0 Å². The quantitative estimate of drug-likeness (QED) is 0.366. The number of fused-ring (bicyclic) bond motifs is 1. The van der Waals surface area contributed by atoms with Crippen molar-refractivity contribution < 1.29 is 4.79 Å². The summed E-state index contributed by atoms with van der Waals surface area (Å²) in [5.74, 6) is 0.255. The zero-order valence-corrected chi connectivity index (χ0v) is 16.3. The highest BCUT2D eigenvalue weighted by Crippen LogP contribution is 2.36. The largest absolute Gasteiger partial charge is 0.325 e. The molecule has 0 saturated heterocycles. The Labute approximate surface area is 165 Å². The number of carbonyl (C=O) groups is 1. The van der Waals surface area contributed by atoms with E-state index in [2.05, 4.69) is 33.5 Å². The van der Waals surface area contributed by atoms with E-state index in [9.17, 15) is 4.79 Å². The first-order valence-electron chi connectivity index (χ1n) is 8.48. The molecule has 0 spiro atoms. The summed E-state index contributed by atoms with van der Waals surface area (Å²) in [5.41, 5.74) is 3.13. The Morgan fingerprint density at radius 1 is 1.07 bits per heavy atom. The summed E-state index contributed by atoms with van der Waals surface area (Å²) in [4.78, 5) is 23.1. The molecule has 4 rings (SSSR count). The first kappa shape index (κ1) is 17.7. The fourth-order valence-corrected chi connectivity index (χ4v) is 4.50. The topological polar surface area (TPSA) is 54.9 Å². The van der Waals surface area contributed by atoms with E-state index >= 15 is 0 Å². The molecule has 6 heteroatoms. The van der Waals surface area contributed by atoms with Crippen LogP contribution in [-0.2, 0) is 4.79 Å². The van der Waals surface area contributed by atoms with E-state index in [4.69, 9.17) is 0 Å². The van der Waals surface area contributed by atoms with Gasteiger partial charge in [0.15, 0.2) is 0 Å². The van der Waals surface area contributed by atoms with Gasteiger partial charge in [0, 0.05) is 16.0 Å². The third-order valence-corrected chi connectivity index (χ3v) is 6.12. The van der Waals surface area contributed by atoms with Gasteiger partial charge >= 0.3 is 0 Å². The summed E-state index contributed by atoms with van der Waals surface area (Å²) in [7, 11) is 0. The molecule has 0 atom stereocenters. The summed E-state index contributed by atoms with van der Waals surface area (Å²) in [6, 6.07) is 20.1. The van der Waals surface area contributed by atoms with E-state index in [1.54, 1.807) is 17.7 Å². The molecule has 2 aromatic carbocycles. The van der Waals surface area contributed by atoms with E-state index in [1.165, 1.54) is 11.8 Å². The number of anilines is 1. The molecule has 27 heavy (non-hydrogen) atoms. The number of hydrogen-bond donors (Lipinski definition) is 1. The molecule has 1 N–H and O–H groups in total. The van der Waals surface area contributed by atoms with Gasteiger partial charge in [-0.1, -0.05) is 59.8 Å². The summed E-state index contributed by atoms with van der Waals surface area (Å²) < 4.78 is 0. The Kier molecular flexibility index (Phi) is 5.18. The maximum absolute atomic E-state index is 12.3. The molecule has 134 valence electrons. The van der Waals surface area contributed by atoms with Gasteiger partial charge in [-0.25, -0.2) is 9.97 Å². The Balaban J connectivity index is 1.49. The van der Waals surface area contributed by atoms with Crippen LogP contribution in [0.3, 0.4) is 0 Å². The van der Waals surface area contributed by atoms with Crippen LogP contribution in [-0.4, -0.2) is 21.6 Å². The summed E-state index contributed by atoms with van der Waals surface area (Å²) in [6.07, 6.45) is 1.56. The van der Waals surface area contributed by atoms with Gasteiger partial charge in [0.25, 0.3) is 0 Å². The van der Waals surface area contributed by atoms with Crippen LogP contribution in [0, 0.1) is 6.92 Å². The number of nitrogens with one attached hydrogen (secondary N) is 1. The standard InChI is InChI=1S/C21H17N3OS2/c1-14-7-9-16(10-8-14)24-19(25)12-26-20-17-11-18(15-5-3-2-4-6-15)27-21(17)23-13-22-20/h2-11,13H,12H2,1H3,(H,24,25). The third kappa shape index (κ3) is 4.18.